The van der Waals surface area contributed by atoms with E-state index in [1.807, 2.05) is 26.0 Å². The predicted molar refractivity (Wildman–Crippen MR) is 101 cm³/mol. The number of anilines is 2. The van der Waals surface area contributed by atoms with E-state index in [4.69, 9.17) is 17.0 Å². The summed E-state index contributed by atoms with van der Waals surface area (Å²) in [7, 11) is 0. The predicted octanol–water partition coefficient (Wildman–Crippen LogP) is 1.14. The van der Waals surface area contributed by atoms with Gasteiger partial charge >= 0.3 is 5.69 Å². The highest BCUT2D eigenvalue weighted by molar-refractivity contribution is 6.10. The molecule has 10 nitrogen and oxygen atoms in total. The second kappa shape index (κ2) is 6.63. The summed E-state index contributed by atoms with van der Waals surface area (Å²) in [6.45, 7) is 4.16. The van der Waals surface area contributed by atoms with Gasteiger partial charge in [-0.25, -0.2) is 4.79 Å². The van der Waals surface area contributed by atoms with Crippen LogP contribution in [0.5, 0.6) is 0 Å². The maximum Gasteiger partial charge on any atom is 0.347 e. The van der Waals surface area contributed by atoms with Gasteiger partial charge < -0.3 is 21.4 Å². The molecule has 2 heterocycles. The molecule has 0 saturated heterocycles. The van der Waals surface area contributed by atoms with Gasteiger partial charge in [-0.2, -0.15) is 10.5 Å². The fourth-order valence-corrected chi connectivity index (χ4v) is 3.06. The van der Waals surface area contributed by atoms with Gasteiger partial charge in [0.1, 0.15) is 17.2 Å². The molecule has 0 aliphatic carbocycles. The van der Waals surface area contributed by atoms with Crippen LogP contribution in [-0.4, -0.2) is 28.3 Å². The molecule has 1 aromatic carbocycles. The summed E-state index contributed by atoms with van der Waals surface area (Å²) in [5.74, 6) is -0.154. The number of aromatic nitrogens is 2. The van der Waals surface area contributed by atoms with Crippen molar-refractivity contribution in [3.8, 4) is 0 Å². The van der Waals surface area contributed by atoms with Gasteiger partial charge in [0, 0.05) is 29.8 Å². The molecule has 0 spiro atoms. The van der Waals surface area contributed by atoms with Gasteiger partial charge in [0.2, 0.25) is 0 Å². The molecule has 1 aliphatic rings. The number of hydrogen-bond donors (Lipinski definition) is 4. The number of nitrogens with two attached hydrogens (primary N) is 2. The van der Waals surface area contributed by atoms with Crippen molar-refractivity contribution in [1.82, 2.24) is 9.97 Å². The molecule has 0 saturated carbocycles. The van der Waals surface area contributed by atoms with Gasteiger partial charge in [0.05, 0.1) is 0 Å². The smallest absolute Gasteiger partial charge is 0.347 e. The maximum atomic E-state index is 12.8. The Bertz CT molecular complexity index is 991. The number of nitrogens with zero attached hydrogens (tertiary/aromatic N) is 4. The van der Waals surface area contributed by atoms with E-state index < -0.39 is 11.1 Å². The second-order valence-corrected chi connectivity index (χ2v) is 6.74. The van der Waals surface area contributed by atoms with Crippen molar-refractivity contribution < 1.29 is 4.79 Å². The first kappa shape index (κ1) is 18.2. The lowest BCUT2D eigenvalue weighted by molar-refractivity contribution is 0.0980. The van der Waals surface area contributed by atoms with E-state index in [0.717, 1.165) is 5.56 Å². The minimum Gasteiger partial charge on any atom is -0.385 e. The molecular formula is C17H20N8O2. The Kier molecular flexibility index (Phi) is 4.48. The Morgan fingerprint density at radius 3 is 2.59 bits per heavy atom. The number of carbonyl (C=O) groups excluding carboxylic acids is 1. The monoisotopic (exact) mass is 368 g/mol. The first-order chi connectivity index (χ1) is 12.8. The number of aromatic amines is 1. The molecule has 0 fully saturated rings. The van der Waals surface area contributed by atoms with Gasteiger partial charge in [-0.3, -0.25) is 4.79 Å². The normalized spacial score (nSPS) is 14.8. The maximum absolute atomic E-state index is 12.8. The largest absolute Gasteiger partial charge is 0.385 e. The molecule has 1 amide bonds. The van der Waals surface area contributed by atoms with E-state index >= 15 is 0 Å². The molecule has 140 valence electrons. The van der Waals surface area contributed by atoms with Crippen molar-refractivity contribution in [2.75, 3.05) is 17.2 Å². The molecule has 3 rings (SSSR count). The number of amides is 1. The van der Waals surface area contributed by atoms with E-state index in [1.54, 1.807) is 17.0 Å². The van der Waals surface area contributed by atoms with Crippen molar-refractivity contribution in [3.05, 3.63) is 51.6 Å². The molecule has 10 heteroatoms. The van der Waals surface area contributed by atoms with Gasteiger partial charge in [-0.05, 0) is 31.5 Å². The van der Waals surface area contributed by atoms with Crippen LogP contribution < -0.4 is 22.1 Å². The number of hydrogen-bond acceptors (Lipinski definition) is 6. The Morgan fingerprint density at radius 1 is 1.30 bits per heavy atom. The van der Waals surface area contributed by atoms with Crippen LogP contribution in [0.25, 0.3) is 0 Å². The third-order valence-electron chi connectivity index (χ3n) is 4.78. The molecule has 0 radical (unpaired) electrons. The molecule has 1 aliphatic heterocycles. The molecule has 27 heavy (non-hydrogen) atoms. The Morgan fingerprint density at radius 2 is 1.96 bits per heavy atom. The van der Waals surface area contributed by atoms with E-state index in [0.29, 0.717) is 24.3 Å². The highest BCUT2D eigenvalue weighted by Gasteiger charge is 2.30. The minimum absolute atomic E-state index is 0.0654. The highest BCUT2D eigenvalue weighted by atomic mass is 16.2. The van der Waals surface area contributed by atoms with E-state index in [9.17, 15) is 9.59 Å². The fraction of sp³-hybridized carbons (Fsp3) is 0.294. The van der Waals surface area contributed by atoms with E-state index in [-0.39, 0.29) is 23.1 Å². The van der Waals surface area contributed by atoms with Gasteiger partial charge in [0.15, 0.2) is 0 Å². The Labute approximate surface area is 154 Å². The van der Waals surface area contributed by atoms with Crippen LogP contribution in [0.2, 0.25) is 0 Å². The number of H-pyrrole nitrogens is 1. The average Bonchev–Trinajstić information content (AvgIpc) is 2.61. The average molecular weight is 368 g/mol. The number of fused-ring (bicyclic) bond motifs is 1. The zero-order valence-corrected chi connectivity index (χ0v) is 15.0. The number of nitrogen functional groups attached to an aromatic ring is 1. The third kappa shape index (κ3) is 3.16. The lowest BCUT2D eigenvalue weighted by Gasteiger charge is -2.29. The van der Waals surface area contributed by atoms with Gasteiger partial charge in [-0.15, -0.1) is 5.10 Å². The fourth-order valence-electron chi connectivity index (χ4n) is 3.06. The van der Waals surface area contributed by atoms with Crippen molar-refractivity contribution in [2.45, 2.75) is 25.7 Å². The number of amidine groups is 1. The van der Waals surface area contributed by atoms with Crippen molar-refractivity contribution in [2.24, 2.45) is 16.1 Å². The summed E-state index contributed by atoms with van der Waals surface area (Å²) < 4.78 is 0. The number of benzene rings is 1. The van der Waals surface area contributed by atoms with Crippen molar-refractivity contribution in [1.29, 1.82) is 5.53 Å². The minimum atomic E-state index is -0.616. The molecule has 1 aromatic heterocycles. The SMILES string of the molecule is CC(C)(C(N)=NN=N)c1ccc(N2CCc3[nH]c(=O)nc(N)c3C2=O)cc1. The Hall–Kier alpha value is -3.56. The van der Waals surface area contributed by atoms with Crippen LogP contribution in [0.3, 0.4) is 0 Å². The number of carbonyl (C=O) groups is 1. The van der Waals surface area contributed by atoms with Gasteiger partial charge in [0.25, 0.3) is 5.91 Å². The quantitative estimate of drug-likeness (QED) is 0.274. The second-order valence-electron chi connectivity index (χ2n) is 6.74. The van der Waals surface area contributed by atoms with Crippen LogP contribution in [0.4, 0.5) is 11.5 Å². The topological polar surface area (TPSA) is 167 Å². The van der Waals surface area contributed by atoms with Crippen molar-refractivity contribution in [3.63, 3.8) is 0 Å². The summed E-state index contributed by atoms with van der Waals surface area (Å²) in [4.78, 5) is 32.1. The Balaban J connectivity index is 1.92. The summed E-state index contributed by atoms with van der Waals surface area (Å²) in [6.07, 6.45) is 0.473. The van der Waals surface area contributed by atoms with E-state index in [2.05, 4.69) is 20.3 Å². The zero-order valence-electron chi connectivity index (χ0n) is 15.0. The van der Waals surface area contributed by atoms with Crippen LogP contribution in [0.1, 0.15) is 35.5 Å². The number of nitrogens with one attached hydrogen (secondary N) is 2. The molecule has 0 bridgehead atoms. The van der Waals surface area contributed by atoms with Crippen LogP contribution in [-0.2, 0) is 11.8 Å². The lowest BCUT2D eigenvalue weighted by atomic mass is 9.83. The summed E-state index contributed by atoms with van der Waals surface area (Å²) in [5.41, 5.74) is 19.6. The summed E-state index contributed by atoms with van der Waals surface area (Å²) in [5, 5.41) is 6.59. The van der Waals surface area contributed by atoms with Crippen LogP contribution in [0.15, 0.2) is 39.4 Å². The molecule has 0 atom stereocenters. The molecule has 6 N–H and O–H groups in total. The summed E-state index contributed by atoms with van der Waals surface area (Å²) in [6, 6.07) is 7.30. The molecule has 0 unspecified atom stereocenters. The summed E-state index contributed by atoms with van der Waals surface area (Å²) >= 11 is 0. The standard InChI is InChI=1S/C17H20N8O2/c1-17(2,15(19)23-24-20)9-3-5-10(6-4-9)25-8-7-11-12(14(25)26)13(18)22-16(27)21-11/h3-6H,7-8H2,1-2H3,(H3,19,20,23)(H3,18,21,22,27). The zero-order chi connectivity index (χ0) is 19.8. The van der Waals surface area contributed by atoms with Crippen LogP contribution >= 0.6 is 0 Å². The lowest BCUT2D eigenvalue weighted by Crippen LogP contribution is -2.40. The first-order valence-corrected chi connectivity index (χ1v) is 8.27. The number of rotatable bonds is 4. The van der Waals surface area contributed by atoms with Gasteiger partial charge in [-0.1, -0.05) is 17.4 Å². The highest BCUT2D eigenvalue weighted by Crippen LogP contribution is 2.29. The molecular weight excluding hydrogens is 348 g/mol. The third-order valence-corrected chi connectivity index (χ3v) is 4.78. The van der Waals surface area contributed by atoms with Crippen molar-refractivity contribution >= 4 is 23.2 Å². The van der Waals surface area contributed by atoms with E-state index in [1.165, 1.54) is 0 Å². The molecule has 2 aromatic rings. The first-order valence-electron chi connectivity index (χ1n) is 8.27. The van der Waals surface area contributed by atoms with Crippen LogP contribution in [0, 0.1) is 5.53 Å².